The maximum atomic E-state index is 5.02. The quantitative estimate of drug-likeness (QED) is 0.209. The average Bonchev–Trinajstić information content (AvgIpc) is 3.48. The van der Waals surface area contributed by atoms with E-state index in [1.807, 2.05) is 0 Å². The van der Waals surface area contributed by atoms with Crippen LogP contribution in [0.3, 0.4) is 0 Å². The zero-order valence-electron chi connectivity index (χ0n) is 22.5. The Bertz CT molecular complexity index is 1860. The molecule has 0 N–H and O–H groups in total. The first kappa shape index (κ1) is 23.5. The van der Waals surface area contributed by atoms with E-state index in [4.69, 9.17) is 9.97 Å². The van der Waals surface area contributed by atoms with Gasteiger partial charge < -0.3 is 0 Å². The van der Waals surface area contributed by atoms with Crippen LogP contribution >= 0.6 is 22.7 Å². The highest BCUT2D eigenvalue weighted by atomic mass is 32.1. The van der Waals surface area contributed by atoms with Crippen LogP contribution < -0.4 is 0 Å². The number of aryl methyl sites for hydroxylation is 6. The van der Waals surface area contributed by atoms with Crippen molar-refractivity contribution in [2.45, 2.75) is 41.5 Å². The molecule has 0 unspecified atom stereocenters. The van der Waals surface area contributed by atoms with Crippen molar-refractivity contribution >= 4 is 64.7 Å². The summed E-state index contributed by atoms with van der Waals surface area (Å²) in [6.45, 7) is 13.1. The minimum Gasteiger partial charge on any atom is -0.236 e. The third-order valence-electron chi connectivity index (χ3n) is 8.17. The summed E-state index contributed by atoms with van der Waals surface area (Å²) < 4.78 is 2.51. The lowest BCUT2D eigenvalue weighted by atomic mass is 9.93. The molecule has 186 valence electrons. The smallest absolute Gasteiger partial charge is 0.124 e. The molecular weight excluding hydrogens is 501 g/mol. The fraction of sp³-hybridized carbons (Fsp3) is 0.176. The van der Waals surface area contributed by atoms with Gasteiger partial charge in [0.1, 0.15) is 10.0 Å². The van der Waals surface area contributed by atoms with Crippen LogP contribution in [0.1, 0.15) is 33.4 Å². The zero-order chi connectivity index (χ0) is 26.3. The van der Waals surface area contributed by atoms with Crippen LogP contribution in [0.15, 0.2) is 60.7 Å². The van der Waals surface area contributed by atoms with Crippen molar-refractivity contribution in [2.24, 2.45) is 0 Å². The first-order valence-corrected chi connectivity index (χ1v) is 14.6. The van der Waals surface area contributed by atoms with Crippen molar-refractivity contribution in [3.63, 3.8) is 0 Å². The van der Waals surface area contributed by atoms with Crippen molar-refractivity contribution in [3.05, 3.63) is 94.0 Å². The van der Waals surface area contributed by atoms with Gasteiger partial charge in [0.2, 0.25) is 0 Å². The van der Waals surface area contributed by atoms with Crippen LogP contribution in [0.5, 0.6) is 0 Å². The number of nitrogens with zero attached hydrogens (tertiary/aromatic N) is 2. The van der Waals surface area contributed by atoms with E-state index in [2.05, 4.69) is 102 Å². The highest BCUT2D eigenvalue weighted by molar-refractivity contribution is 7.22. The summed E-state index contributed by atoms with van der Waals surface area (Å²) in [5.41, 5.74) is 12.4. The van der Waals surface area contributed by atoms with Gasteiger partial charge in [-0.3, -0.25) is 0 Å². The summed E-state index contributed by atoms with van der Waals surface area (Å²) in [6.07, 6.45) is 0. The molecule has 0 saturated carbocycles. The number of hydrogen-bond donors (Lipinski definition) is 0. The molecule has 0 aliphatic carbocycles. The molecule has 7 aromatic rings. The van der Waals surface area contributed by atoms with E-state index in [0.717, 1.165) is 21.0 Å². The van der Waals surface area contributed by atoms with Gasteiger partial charge in [0.15, 0.2) is 0 Å². The van der Waals surface area contributed by atoms with Gasteiger partial charge >= 0.3 is 0 Å². The summed E-state index contributed by atoms with van der Waals surface area (Å²) >= 11 is 3.58. The van der Waals surface area contributed by atoms with Crippen LogP contribution in [-0.4, -0.2) is 9.97 Å². The monoisotopic (exact) mass is 528 g/mol. The summed E-state index contributed by atoms with van der Waals surface area (Å²) in [6, 6.07) is 22.7. The van der Waals surface area contributed by atoms with E-state index in [1.54, 1.807) is 22.7 Å². The first-order valence-electron chi connectivity index (χ1n) is 13.0. The number of fused-ring (bicyclic) bond motifs is 4. The maximum absolute atomic E-state index is 5.02. The molecule has 38 heavy (non-hydrogen) atoms. The second-order valence-electron chi connectivity index (χ2n) is 10.6. The van der Waals surface area contributed by atoms with E-state index in [9.17, 15) is 0 Å². The molecule has 0 atom stereocenters. The molecule has 0 aliphatic rings. The lowest BCUT2D eigenvalue weighted by molar-refractivity contribution is 1.35. The average molecular weight is 529 g/mol. The van der Waals surface area contributed by atoms with Gasteiger partial charge in [-0.25, -0.2) is 9.97 Å². The van der Waals surface area contributed by atoms with E-state index in [0.29, 0.717) is 0 Å². The third-order valence-corrected chi connectivity index (χ3v) is 10.3. The second-order valence-corrected chi connectivity index (χ2v) is 12.7. The third kappa shape index (κ3) is 3.58. The van der Waals surface area contributed by atoms with E-state index in [1.165, 1.54) is 75.5 Å². The largest absolute Gasteiger partial charge is 0.236 e. The van der Waals surface area contributed by atoms with E-state index < -0.39 is 0 Å². The Morgan fingerprint density at radius 1 is 0.474 bits per heavy atom. The van der Waals surface area contributed by atoms with Crippen LogP contribution in [0.2, 0.25) is 0 Å². The molecule has 2 heterocycles. The summed E-state index contributed by atoms with van der Waals surface area (Å²) in [5, 5.41) is 7.30. The lowest BCUT2D eigenvalue weighted by Crippen LogP contribution is -1.89. The number of thiazole rings is 2. The van der Waals surface area contributed by atoms with Gasteiger partial charge in [-0.2, -0.15) is 0 Å². The number of aromatic nitrogens is 2. The molecule has 0 fully saturated rings. The van der Waals surface area contributed by atoms with Gasteiger partial charge in [0.05, 0.1) is 20.4 Å². The van der Waals surface area contributed by atoms with Crippen LogP contribution in [0.25, 0.3) is 63.1 Å². The minimum absolute atomic E-state index is 1.09. The van der Waals surface area contributed by atoms with Crippen molar-refractivity contribution in [2.75, 3.05) is 0 Å². The second kappa shape index (κ2) is 8.45. The molecule has 7 rings (SSSR count). The molecule has 0 amide bonds. The highest BCUT2D eigenvalue weighted by Crippen LogP contribution is 2.40. The lowest BCUT2D eigenvalue weighted by Gasteiger charge is -2.12. The molecule has 0 bridgehead atoms. The predicted molar refractivity (Wildman–Crippen MR) is 167 cm³/mol. The summed E-state index contributed by atoms with van der Waals surface area (Å²) in [5.74, 6) is 0. The molecule has 0 aliphatic heterocycles. The number of hydrogen-bond acceptors (Lipinski definition) is 4. The van der Waals surface area contributed by atoms with Crippen LogP contribution in [-0.2, 0) is 0 Å². The summed E-state index contributed by atoms with van der Waals surface area (Å²) in [4.78, 5) is 10.0. The minimum atomic E-state index is 1.09. The Morgan fingerprint density at radius 3 is 1.29 bits per heavy atom. The van der Waals surface area contributed by atoms with Crippen LogP contribution in [0, 0.1) is 41.5 Å². The first-order chi connectivity index (χ1) is 18.3. The zero-order valence-corrected chi connectivity index (χ0v) is 24.1. The van der Waals surface area contributed by atoms with Gasteiger partial charge in [-0.05, 0) is 133 Å². The SMILES string of the molecule is Cc1cc2nc(-c3ccc4cc5c(C)c(-c6nc7cc(C)c(C)cc7s6)ccc5cc4c3C)sc2cc1C. The van der Waals surface area contributed by atoms with Crippen molar-refractivity contribution < 1.29 is 0 Å². The topological polar surface area (TPSA) is 25.8 Å². The molecule has 5 aromatic carbocycles. The van der Waals surface area contributed by atoms with E-state index in [-0.39, 0.29) is 0 Å². The van der Waals surface area contributed by atoms with Crippen LogP contribution in [0.4, 0.5) is 0 Å². The molecule has 0 saturated heterocycles. The Morgan fingerprint density at radius 2 is 0.868 bits per heavy atom. The fourth-order valence-electron chi connectivity index (χ4n) is 5.50. The number of benzene rings is 5. The molecule has 4 heteroatoms. The molecule has 0 spiro atoms. The van der Waals surface area contributed by atoms with E-state index >= 15 is 0 Å². The normalized spacial score (nSPS) is 11.9. The van der Waals surface area contributed by atoms with Gasteiger partial charge in [-0.1, -0.05) is 24.3 Å². The Kier molecular flexibility index (Phi) is 5.23. The Hall–Kier alpha value is -3.60. The molecule has 2 nitrogen and oxygen atoms in total. The standard InChI is InChI=1S/C34H28N2S2/c1-17-11-29-31(13-19(17)3)37-33(35-29)25-9-7-23-16-28-22(6)26(10-8-24(28)15-27(23)21(25)5)34-36-30-12-18(2)20(4)14-32(30)38-34/h7-16H,1-6H3. The van der Waals surface area contributed by atoms with Gasteiger partial charge in [0, 0.05) is 11.1 Å². The van der Waals surface area contributed by atoms with Crippen molar-refractivity contribution in [3.8, 4) is 21.1 Å². The Labute approximate surface area is 230 Å². The van der Waals surface area contributed by atoms with Crippen molar-refractivity contribution in [1.82, 2.24) is 9.97 Å². The summed E-state index contributed by atoms with van der Waals surface area (Å²) in [7, 11) is 0. The molecular formula is C34H28N2S2. The van der Waals surface area contributed by atoms with Crippen molar-refractivity contribution in [1.29, 1.82) is 0 Å². The number of rotatable bonds is 2. The van der Waals surface area contributed by atoms with Gasteiger partial charge in [0.25, 0.3) is 0 Å². The highest BCUT2D eigenvalue weighted by Gasteiger charge is 2.15. The maximum Gasteiger partial charge on any atom is 0.124 e. The predicted octanol–water partition coefficient (Wildman–Crippen LogP) is 10.4. The Balaban J connectivity index is 1.36. The van der Waals surface area contributed by atoms with Gasteiger partial charge in [-0.15, -0.1) is 22.7 Å². The molecule has 2 aromatic heterocycles. The molecule has 0 radical (unpaired) electrons. The fourth-order valence-corrected chi connectivity index (χ4v) is 7.76.